The zero-order valence-electron chi connectivity index (χ0n) is 15.7. The highest BCUT2D eigenvalue weighted by Gasteiger charge is 2.35. The van der Waals surface area contributed by atoms with E-state index in [9.17, 15) is 28.6 Å². The number of aromatic nitrogens is 2. The van der Waals surface area contributed by atoms with Crippen LogP contribution in [0.1, 0.15) is 5.56 Å². The number of hydrogen-bond acceptors (Lipinski definition) is 10. The molecule has 2 N–H and O–H groups in total. The second kappa shape index (κ2) is 9.17. The molecule has 31 heavy (non-hydrogen) atoms. The summed E-state index contributed by atoms with van der Waals surface area (Å²) in [6.07, 6.45) is 2.43. The second-order valence-corrected chi connectivity index (χ2v) is 7.82. The molecular formula is C19H16N2O9S. The molecule has 0 amide bonds. The van der Waals surface area contributed by atoms with E-state index in [-0.39, 0.29) is 34.5 Å². The molecule has 12 heteroatoms. The molecule has 0 radical (unpaired) electrons. The molecule has 2 aromatic carbocycles. The molecular weight excluding hydrogens is 432 g/mol. The van der Waals surface area contributed by atoms with E-state index >= 15 is 0 Å². The van der Waals surface area contributed by atoms with E-state index in [0.717, 1.165) is 6.08 Å². The van der Waals surface area contributed by atoms with Gasteiger partial charge in [-0.15, -0.1) is 0 Å². The third kappa shape index (κ3) is 5.11. The van der Waals surface area contributed by atoms with Gasteiger partial charge < -0.3 is 24.9 Å². The second-order valence-electron chi connectivity index (χ2n) is 5.95. The molecule has 0 saturated heterocycles. The lowest BCUT2D eigenvalue weighted by Crippen LogP contribution is -2.31. The van der Waals surface area contributed by atoms with Crippen LogP contribution in [0, 0.1) is 5.21 Å². The molecule has 3 rings (SSSR count). The number of carbonyl (C=O) groups excluding carboxylic acids is 1. The quantitative estimate of drug-likeness (QED) is 0.168. The van der Waals surface area contributed by atoms with E-state index in [1.807, 2.05) is 0 Å². The Balaban J connectivity index is 1.57. The average molecular weight is 448 g/mol. The van der Waals surface area contributed by atoms with E-state index in [2.05, 4.69) is 9.79 Å². The highest BCUT2D eigenvalue weighted by atomic mass is 32.2. The molecule has 1 aromatic heterocycles. The van der Waals surface area contributed by atoms with Gasteiger partial charge in [0.1, 0.15) is 13.2 Å². The first-order valence-corrected chi connectivity index (χ1v) is 10.2. The third-order valence-corrected chi connectivity index (χ3v) is 5.56. The minimum Gasteiger partial charge on any atom is -0.504 e. The number of hydrogen-bond donors (Lipinski definition) is 2. The lowest BCUT2D eigenvalue weighted by atomic mass is 10.2. The van der Waals surface area contributed by atoms with Crippen LogP contribution in [0.4, 0.5) is 0 Å². The van der Waals surface area contributed by atoms with Gasteiger partial charge in [0, 0.05) is 6.08 Å². The first-order chi connectivity index (χ1) is 14.8. The number of sulfone groups is 1. The predicted octanol–water partition coefficient (Wildman–Crippen LogP) is 1.19. The maximum atomic E-state index is 12.6. The van der Waals surface area contributed by atoms with Crippen molar-refractivity contribution in [2.45, 2.75) is 9.92 Å². The molecule has 162 valence electrons. The van der Waals surface area contributed by atoms with E-state index in [1.165, 1.54) is 48.5 Å². The maximum absolute atomic E-state index is 12.6. The highest BCUT2D eigenvalue weighted by Crippen LogP contribution is 2.26. The monoisotopic (exact) mass is 448 g/mol. The van der Waals surface area contributed by atoms with Crippen molar-refractivity contribution < 1.29 is 42.4 Å². The molecule has 3 aromatic rings. The number of benzene rings is 2. The Hall–Kier alpha value is -4.06. The molecule has 0 aliphatic carbocycles. The number of rotatable bonds is 8. The van der Waals surface area contributed by atoms with Crippen LogP contribution in [0.5, 0.6) is 17.4 Å². The fourth-order valence-electron chi connectivity index (χ4n) is 2.38. The van der Waals surface area contributed by atoms with Crippen LogP contribution in [-0.2, 0) is 19.4 Å². The Kier molecular flexibility index (Phi) is 6.40. The van der Waals surface area contributed by atoms with Gasteiger partial charge in [-0.3, -0.25) is 4.63 Å². The van der Waals surface area contributed by atoms with Gasteiger partial charge in [-0.25, -0.2) is 13.2 Å². The number of carbonyl (C=O) groups is 1. The Morgan fingerprint density at radius 2 is 1.87 bits per heavy atom. The molecule has 0 spiro atoms. The van der Waals surface area contributed by atoms with E-state index in [4.69, 9.17) is 9.47 Å². The largest absolute Gasteiger partial charge is 0.504 e. The van der Waals surface area contributed by atoms with Crippen LogP contribution >= 0.6 is 0 Å². The molecule has 0 atom stereocenters. The van der Waals surface area contributed by atoms with Crippen LogP contribution in [-0.4, -0.2) is 43.0 Å². The molecule has 0 bridgehead atoms. The molecule has 1 heterocycles. The highest BCUT2D eigenvalue weighted by molar-refractivity contribution is 7.91. The van der Waals surface area contributed by atoms with Gasteiger partial charge in [-0.05, 0) is 40.8 Å². The standard InChI is InChI=1S/C19H16N2O9S/c22-15-8-6-13(12-16(15)23)7-9-17(24)28-10-11-29-18-19(21(25)30-20-18)31(26,27)14-4-2-1-3-5-14/h1-9,12,22-23H,10-11H2/b9-7+. The first-order valence-electron chi connectivity index (χ1n) is 8.68. The van der Waals surface area contributed by atoms with Gasteiger partial charge in [0.2, 0.25) is 0 Å². The molecule has 0 aliphatic rings. The number of phenols is 2. The number of phenolic OH excluding ortho intramolecular Hbond substituents is 2. The van der Waals surface area contributed by atoms with Crippen molar-refractivity contribution in [2.24, 2.45) is 0 Å². The fraction of sp³-hybridized carbons (Fsp3) is 0.105. The summed E-state index contributed by atoms with van der Waals surface area (Å²) in [5.41, 5.74) is 0.446. The molecule has 0 aliphatic heterocycles. The number of aromatic hydroxyl groups is 2. The first kappa shape index (κ1) is 21.6. The summed E-state index contributed by atoms with van der Waals surface area (Å²) in [6, 6.07) is 11.2. The number of nitrogens with zero attached hydrogens (tertiary/aromatic N) is 2. The van der Waals surface area contributed by atoms with Gasteiger partial charge in [0.15, 0.2) is 11.5 Å². The van der Waals surface area contributed by atoms with Crippen LogP contribution in [0.15, 0.2) is 69.2 Å². The lowest BCUT2D eigenvalue weighted by Gasteiger charge is -2.04. The zero-order chi connectivity index (χ0) is 22.4. The van der Waals surface area contributed by atoms with Crippen molar-refractivity contribution in [3.05, 3.63) is 65.4 Å². The Morgan fingerprint density at radius 1 is 1.13 bits per heavy atom. The molecule has 0 fully saturated rings. The van der Waals surface area contributed by atoms with Crippen molar-refractivity contribution in [1.82, 2.24) is 5.16 Å². The SMILES string of the molecule is O=C(/C=C/c1ccc(O)c(O)c1)OCCOc1no[n+]([O-])c1S(=O)(=O)c1ccccc1. The smallest absolute Gasteiger partial charge is 0.415 e. The van der Waals surface area contributed by atoms with E-state index in [0.29, 0.717) is 5.56 Å². The van der Waals surface area contributed by atoms with Crippen molar-refractivity contribution >= 4 is 21.9 Å². The molecule has 0 saturated carbocycles. The van der Waals surface area contributed by atoms with Crippen molar-refractivity contribution in [1.29, 1.82) is 0 Å². The minimum absolute atomic E-state index is 0.149. The summed E-state index contributed by atoms with van der Waals surface area (Å²) in [5.74, 6) is -1.94. The summed E-state index contributed by atoms with van der Waals surface area (Å²) < 4.78 is 39.6. The Morgan fingerprint density at radius 3 is 2.58 bits per heavy atom. The lowest BCUT2D eigenvalue weighted by molar-refractivity contribution is -0.832. The maximum Gasteiger partial charge on any atom is 0.415 e. The van der Waals surface area contributed by atoms with Crippen LogP contribution in [0.3, 0.4) is 0 Å². The Labute approximate surface area is 175 Å². The van der Waals surface area contributed by atoms with Gasteiger partial charge in [0.25, 0.3) is 9.84 Å². The Bertz CT molecular complexity index is 1200. The summed E-state index contributed by atoms with van der Waals surface area (Å²) in [6.45, 7) is -0.579. The fourth-order valence-corrected chi connectivity index (χ4v) is 3.67. The van der Waals surface area contributed by atoms with Gasteiger partial charge in [-0.2, -0.15) is 0 Å². The van der Waals surface area contributed by atoms with Gasteiger partial charge >= 0.3 is 16.9 Å². The van der Waals surface area contributed by atoms with E-state index in [1.54, 1.807) is 6.07 Å². The van der Waals surface area contributed by atoms with Crippen molar-refractivity contribution in [2.75, 3.05) is 13.2 Å². The molecule has 11 nitrogen and oxygen atoms in total. The summed E-state index contributed by atoms with van der Waals surface area (Å²) in [5, 5.41) is 32.9. The third-order valence-electron chi connectivity index (χ3n) is 3.83. The van der Waals surface area contributed by atoms with Crippen LogP contribution in [0.2, 0.25) is 0 Å². The topological polar surface area (TPSA) is 163 Å². The van der Waals surface area contributed by atoms with Gasteiger partial charge in [-0.1, -0.05) is 24.3 Å². The average Bonchev–Trinajstić information content (AvgIpc) is 3.13. The zero-order valence-corrected chi connectivity index (χ0v) is 16.6. The van der Waals surface area contributed by atoms with Crippen LogP contribution in [0.25, 0.3) is 6.08 Å². The van der Waals surface area contributed by atoms with Gasteiger partial charge in [0.05, 0.1) is 10.1 Å². The predicted molar refractivity (Wildman–Crippen MR) is 103 cm³/mol. The number of esters is 1. The van der Waals surface area contributed by atoms with E-state index < -0.39 is 26.7 Å². The summed E-state index contributed by atoms with van der Waals surface area (Å²) in [7, 11) is -4.24. The molecule has 0 unspecified atom stereocenters. The summed E-state index contributed by atoms with van der Waals surface area (Å²) in [4.78, 5) is 11.3. The van der Waals surface area contributed by atoms with Crippen LogP contribution < -0.4 is 9.64 Å². The normalized spacial score (nSPS) is 11.5. The van der Waals surface area contributed by atoms with Crippen molar-refractivity contribution in [3.8, 4) is 17.4 Å². The minimum atomic E-state index is -4.24. The summed E-state index contributed by atoms with van der Waals surface area (Å²) >= 11 is 0. The number of ether oxygens (including phenoxy) is 2. The van der Waals surface area contributed by atoms with Crippen molar-refractivity contribution in [3.63, 3.8) is 0 Å².